The minimum Gasteiger partial charge on any atom is -0.481 e. The van der Waals surface area contributed by atoms with Crippen molar-refractivity contribution >= 4 is 47.1 Å². The monoisotopic (exact) mass is 693 g/mol. The largest absolute Gasteiger partial charge is 0.481 e. The fraction of sp³-hybridized carbons (Fsp3) is 0.324. The van der Waals surface area contributed by atoms with E-state index in [2.05, 4.69) is 47.6 Å². The van der Waals surface area contributed by atoms with Crippen molar-refractivity contribution in [3.05, 3.63) is 102 Å². The number of aromatic nitrogens is 3. The lowest BCUT2D eigenvalue weighted by molar-refractivity contribution is -0.139. The second-order valence-corrected chi connectivity index (χ2v) is 12.6. The third-order valence-electron chi connectivity index (χ3n) is 9.07. The summed E-state index contributed by atoms with van der Waals surface area (Å²) in [6, 6.07) is 20.5. The maximum Gasteiger partial charge on any atom is 0.321 e. The number of benzene rings is 2. The number of rotatable bonds is 11. The van der Waals surface area contributed by atoms with Gasteiger partial charge in [0.05, 0.1) is 11.8 Å². The Morgan fingerprint density at radius 1 is 0.941 bits per heavy atom. The number of amides is 3. The van der Waals surface area contributed by atoms with Crippen LogP contribution in [-0.4, -0.2) is 88.3 Å². The van der Waals surface area contributed by atoms with Crippen molar-refractivity contribution in [3.8, 4) is 0 Å². The van der Waals surface area contributed by atoms with Crippen molar-refractivity contribution in [1.29, 1.82) is 0 Å². The Labute approximate surface area is 295 Å². The van der Waals surface area contributed by atoms with Crippen LogP contribution in [0.2, 0.25) is 0 Å². The van der Waals surface area contributed by atoms with E-state index in [1.54, 1.807) is 52.5 Å². The molecule has 2 fully saturated rings. The van der Waals surface area contributed by atoms with Gasteiger partial charge < -0.3 is 30.4 Å². The molecule has 2 saturated heterocycles. The molecule has 2 aromatic heterocycles. The minimum absolute atomic E-state index is 0.0487. The van der Waals surface area contributed by atoms with Gasteiger partial charge in [-0.05, 0) is 60.7 Å². The van der Waals surface area contributed by atoms with E-state index in [0.717, 1.165) is 24.3 Å². The second-order valence-electron chi connectivity index (χ2n) is 12.6. The Morgan fingerprint density at radius 2 is 1.73 bits per heavy atom. The molecule has 0 bridgehead atoms. The van der Waals surface area contributed by atoms with Gasteiger partial charge in [-0.15, -0.1) is 0 Å². The molecule has 6 rings (SSSR count). The topological polar surface area (TPSA) is 156 Å². The zero-order chi connectivity index (χ0) is 35.6. The molecule has 0 aliphatic carbocycles. The van der Waals surface area contributed by atoms with Gasteiger partial charge >= 0.3 is 12.0 Å². The number of aliphatic imine (C=N–C) groups is 1. The number of carbonyl (C=O) groups excluding carboxylic acids is 2. The normalized spacial score (nSPS) is 16.9. The Morgan fingerprint density at radius 3 is 2.45 bits per heavy atom. The average Bonchev–Trinajstić information content (AvgIpc) is 3.17. The number of halogens is 1. The van der Waals surface area contributed by atoms with Crippen LogP contribution in [0.4, 0.5) is 32.2 Å². The number of urea groups is 1. The molecule has 2 unspecified atom stereocenters. The fourth-order valence-electron chi connectivity index (χ4n) is 6.22. The Bertz CT molecular complexity index is 1820. The number of para-hydroxylation sites is 1. The first-order chi connectivity index (χ1) is 24.8. The molecule has 264 valence electrons. The molecule has 4 aromatic rings. The molecule has 51 heavy (non-hydrogen) atoms. The number of aliphatic carboxylic acids is 1. The van der Waals surface area contributed by atoms with Gasteiger partial charge in [-0.1, -0.05) is 36.4 Å². The van der Waals surface area contributed by atoms with Crippen molar-refractivity contribution in [2.24, 2.45) is 16.8 Å². The lowest BCUT2D eigenvalue weighted by Crippen LogP contribution is -2.50. The maximum atomic E-state index is 15.4. The number of nitrogens with zero attached hydrogens (tertiary/aromatic N) is 7. The van der Waals surface area contributed by atoms with E-state index in [9.17, 15) is 19.5 Å². The molecule has 13 nitrogen and oxygen atoms in total. The number of hydrogen-bond acceptors (Lipinski definition) is 9. The van der Waals surface area contributed by atoms with E-state index in [1.807, 2.05) is 24.3 Å². The summed E-state index contributed by atoms with van der Waals surface area (Å²) in [7, 11) is 0. The summed E-state index contributed by atoms with van der Waals surface area (Å²) in [6.45, 7) is 3.70. The Hall–Kier alpha value is -5.92. The SMILES string of the molecule is O=C(O)C(C=NC(=O)C1CCCN(c2ncnc(NCc3cccnc3)c2F)C1)Cc1ccc(NC(=O)N2CCN(c3ccccc3)CC2)cc1. The first-order valence-corrected chi connectivity index (χ1v) is 17.0. The van der Waals surface area contributed by atoms with E-state index in [0.29, 0.717) is 50.3 Å². The lowest BCUT2D eigenvalue weighted by atomic mass is 9.97. The zero-order valence-corrected chi connectivity index (χ0v) is 28.1. The number of carboxylic acid groups (broad SMARTS) is 1. The summed E-state index contributed by atoms with van der Waals surface area (Å²) in [6.07, 6.45) is 7.06. The molecule has 3 N–H and O–H groups in total. The number of pyridine rings is 1. The molecule has 0 saturated carbocycles. The van der Waals surface area contributed by atoms with Crippen molar-refractivity contribution in [2.75, 3.05) is 59.7 Å². The molecule has 14 heteroatoms. The van der Waals surface area contributed by atoms with Crippen LogP contribution in [0.25, 0.3) is 0 Å². The maximum absolute atomic E-state index is 15.4. The van der Waals surface area contributed by atoms with E-state index >= 15 is 4.39 Å². The summed E-state index contributed by atoms with van der Waals surface area (Å²) in [5.74, 6) is -3.63. The highest BCUT2D eigenvalue weighted by atomic mass is 19.1. The van der Waals surface area contributed by atoms with Crippen LogP contribution in [0.15, 0.2) is 90.4 Å². The molecule has 2 atom stereocenters. The van der Waals surface area contributed by atoms with Gasteiger partial charge in [-0.25, -0.2) is 19.8 Å². The molecule has 2 aromatic carbocycles. The molecule has 4 heterocycles. The van der Waals surface area contributed by atoms with Gasteiger partial charge in [-0.2, -0.15) is 4.39 Å². The average molecular weight is 694 g/mol. The van der Waals surface area contributed by atoms with Gasteiger partial charge in [0.1, 0.15) is 6.33 Å². The number of nitrogens with one attached hydrogen (secondary N) is 2. The number of piperidine rings is 1. The standard InChI is InChI=1S/C37H40FN9O4/c38-32-33(40-22-27-6-4-14-39-21-27)42-25-43-34(32)47-15-5-7-28(24-47)35(48)41-23-29(36(49)50)20-26-10-12-30(13-11-26)44-37(51)46-18-16-45(17-19-46)31-8-2-1-3-9-31/h1-4,6,8-14,21,23,25,28-29H,5,7,15-20,22,24H2,(H,44,51)(H,49,50)(H,40,42,43). The Balaban J connectivity index is 0.998. The summed E-state index contributed by atoms with van der Waals surface area (Å²) in [4.78, 5) is 60.1. The van der Waals surface area contributed by atoms with Crippen molar-refractivity contribution in [1.82, 2.24) is 19.9 Å². The molecule has 2 aliphatic heterocycles. The molecule has 0 spiro atoms. The smallest absolute Gasteiger partial charge is 0.321 e. The first-order valence-electron chi connectivity index (χ1n) is 17.0. The highest BCUT2D eigenvalue weighted by Crippen LogP contribution is 2.27. The van der Waals surface area contributed by atoms with Gasteiger partial charge in [0.2, 0.25) is 11.7 Å². The third kappa shape index (κ3) is 9.21. The van der Waals surface area contributed by atoms with E-state index in [1.165, 1.54) is 12.5 Å². The highest BCUT2D eigenvalue weighted by molar-refractivity contribution is 5.95. The number of anilines is 4. The summed E-state index contributed by atoms with van der Waals surface area (Å²) in [5, 5.41) is 15.8. The van der Waals surface area contributed by atoms with Crippen LogP contribution in [0, 0.1) is 17.7 Å². The summed E-state index contributed by atoms with van der Waals surface area (Å²) in [5.41, 5.74) is 3.32. The predicted molar refractivity (Wildman–Crippen MR) is 193 cm³/mol. The van der Waals surface area contributed by atoms with Crippen LogP contribution in [0.1, 0.15) is 24.0 Å². The third-order valence-corrected chi connectivity index (χ3v) is 9.07. The Kier molecular flexibility index (Phi) is 11.4. The van der Waals surface area contributed by atoms with Gasteiger partial charge in [0, 0.05) is 75.8 Å². The van der Waals surface area contributed by atoms with Crippen LogP contribution in [0.3, 0.4) is 0 Å². The van der Waals surface area contributed by atoms with Gasteiger partial charge in [0.25, 0.3) is 0 Å². The number of hydrogen-bond donors (Lipinski definition) is 3. The molecule has 0 radical (unpaired) electrons. The van der Waals surface area contributed by atoms with Crippen molar-refractivity contribution in [3.63, 3.8) is 0 Å². The quantitative estimate of drug-likeness (QED) is 0.188. The van der Waals surface area contributed by atoms with E-state index in [-0.39, 0.29) is 30.6 Å². The number of carbonyl (C=O) groups is 3. The number of piperazine rings is 1. The van der Waals surface area contributed by atoms with Crippen LogP contribution < -0.4 is 20.4 Å². The molecule has 2 aliphatic rings. The first kappa shape index (κ1) is 34.9. The molecular formula is C37H40FN9O4. The second kappa shape index (κ2) is 16.7. The number of carboxylic acids is 1. The van der Waals surface area contributed by atoms with E-state index in [4.69, 9.17) is 0 Å². The predicted octanol–water partition coefficient (Wildman–Crippen LogP) is 4.73. The van der Waals surface area contributed by atoms with Gasteiger partial charge in [0.15, 0.2) is 11.6 Å². The summed E-state index contributed by atoms with van der Waals surface area (Å²) >= 11 is 0. The minimum atomic E-state index is -1.11. The van der Waals surface area contributed by atoms with E-state index < -0.39 is 29.5 Å². The molecule has 3 amide bonds. The molecular weight excluding hydrogens is 653 g/mol. The van der Waals surface area contributed by atoms with Gasteiger partial charge in [-0.3, -0.25) is 14.6 Å². The van der Waals surface area contributed by atoms with Crippen LogP contribution in [0.5, 0.6) is 0 Å². The van der Waals surface area contributed by atoms with Crippen LogP contribution >= 0.6 is 0 Å². The lowest BCUT2D eigenvalue weighted by Gasteiger charge is -2.36. The highest BCUT2D eigenvalue weighted by Gasteiger charge is 2.29. The van der Waals surface area contributed by atoms with Crippen molar-refractivity contribution < 1.29 is 23.9 Å². The van der Waals surface area contributed by atoms with Crippen molar-refractivity contribution in [2.45, 2.75) is 25.8 Å². The zero-order valence-electron chi connectivity index (χ0n) is 28.1. The summed E-state index contributed by atoms with van der Waals surface area (Å²) < 4.78 is 15.4. The fourth-order valence-corrected chi connectivity index (χ4v) is 6.22. The van der Waals surface area contributed by atoms with Crippen LogP contribution in [-0.2, 0) is 22.6 Å².